The molecule has 0 saturated heterocycles. The van der Waals surface area contributed by atoms with Crippen LogP contribution in [0.5, 0.6) is 0 Å². The second kappa shape index (κ2) is 6.12. The van der Waals surface area contributed by atoms with E-state index in [9.17, 15) is 9.18 Å². The number of rotatable bonds is 3. The van der Waals surface area contributed by atoms with Crippen LogP contribution in [0, 0.1) is 5.82 Å². The fourth-order valence-corrected chi connectivity index (χ4v) is 2.51. The summed E-state index contributed by atoms with van der Waals surface area (Å²) in [5.74, 6) is -1.09. The molecule has 0 atom stereocenters. The van der Waals surface area contributed by atoms with Crippen LogP contribution in [0.15, 0.2) is 67.3 Å². The Morgan fingerprint density at radius 1 is 1.12 bits per heavy atom. The summed E-state index contributed by atoms with van der Waals surface area (Å²) in [7, 11) is 0. The molecule has 4 aromatic rings. The number of hydrogen-bond donors (Lipinski definition) is 1. The van der Waals surface area contributed by atoms with Crippen molar-refractivity contribution in [2.45, 2.75) is 0 Å². The van der Waals surface area contributed by atoms with Crippen LogP contribution >= 0.6 is 0 Å². The summed E-state index contributed by atoms with van der Waals surface area (Å²) < 4.78 is 15.4. The van der Waals surface area contributed by atoms with Gasteiger partial charge in [0, 0.05) is 25.7 Å². The molecule has 0 spiro atoms. The Hall–Kier alpha value is -3.61. The van der Waals surface area contributed by atoms with Crippen LogP contribution in [0.1, 0.15) is 11.8 Å². The highest BCUT2D eigenvalue weighted by Crippen LogP contribution is 2.23. The van der Waals surface area contributed by atoms with Gasteiger partial charge in [-0.2, -0.15) is 5.10 Å². The second-order valence-electron chi connectivity index (χ2n) is 5.31. The smallest absolute Gasteiger partial charge is 0.258 e. The number of pyridine rings is 1. The topological polar surface area (TPSA) is 72.2 Å². The molecule has 4 rings (SSSR count). The van der Waals surface area contributed by atoms with Gasteiger partial charge >= 0.3 is 0 Å². The van der Waals surface area contributed by atoms with Gasteiger partial charge in [-0.25, -0.2) is 13.9 Å². The molecule has 3 heterocycles. The fourth-order valence-electron chi connectivity index (χ4n) is 2.51. The largest absolute Gasteiger partial charge is 0.322 e. The zero-order valence-corrected chi connectivity index (χ0v) is 12.9. The van der Waals surface area contributed by atoms with Crippen LogP contribution in [-0.4, -0.2) is 25.5 Å². The van der Waals surface area contributed by atoms with Crippen molar-refractivity contribution in [1.82, 2.24) is 19.6 Å². The minimum absolute atomic E-state index is 0. The zero-order chi connectivity index (χ0) is 17.2. The van der Waals surface area contributed by atoms with Crippen LogP contribution < -0.4 is 5.32 Å². The number of anilines is 1. The molecule has 1 aromatic carbocycles. The Bertz CT molecular complexity index is 1080. The first-order valence-electron chi connectivity index (χ1n) is 7.53. The van der Waals surface area contributed by atoms with Crippen molar-refractivity contribution in [3.05, 3.63) is 78.6 Å². The molecule has 0 aliphatic heterocycles. The molecule has 7 heteroatoms. The predicted octanol–water partition coefficient (Wildman–Crippen LogP) is 3.43. The van der Waals surface area contributed by atoms with Gasteiger partial charge in [0.15, 0.2) is 5.65 Å². The fraction of sp³-hybridized carbons (Fsp3) is 0. The maximum absolute atomic E-state index is 13.7. The van der Waals surface area contributed by atoms with E-state index in [1.165, 1.54) is 18.2 Å². The molecule has 6 nitrogen and oxygen atoms in total. The van der Waals surface area contributed by atoms with E-state index in [0.717, 1.165) is 5.56 Å². The monoisotopic (exact) mass is 335 g/mol. The standard InChI is InChI=1S/C18H12FN5O.H2/c19-15-5-2-1-4-13(15)18(25)23-12-6-8-20-16(10-12)14-11-22-24-9-3-7-21-17(14)24;/h1-11H,(H,20,23,25);1H. The van der Waals surface area contributed by atoms with Crippen molar-refractivity contribution >= 4 is 17.2 Å². The van der Waals surface area contributed by atoms with E-state index < -0.39 is 11.7 Å². The van der Waals surface area contributed by atoms with Gasteiger partial charge in [-0.1, -0.05) is 12.1 Å². The lowest BCUT2D eigenvalue weighted by Gasteiger charge is -2.07. The first-order valence-corrected chi connectivity index (χ1v) is 7.53. The van der Waals surface area contributed by atoms with Crippen molar-refractivity contribution in [3.63, 3.8) is 0 Å². The number of benzene rings is 1. The van der Waals surface area contributed by atoms with Crippen molar-refractivity contribution < 1.29 is 10.6 Å². The second-order valence-corrected chi connectivity index (χ2v) is 5.31. The maximum atomic E-state index is 13.7. The minimum Gasteiger partial charge on any atom is -0.322 e. The molecule has 0 aliphatic rings. The van der Waals surface area contributed by atoms with Crippen LogP contribution in [0.3, 0.4) is 0 Å². The number of nitrogens with one attached hydrogen (secondary N) is 1. The average Bonchev–Trinajstić information content (AvgIpc) is 3.06. The molecule has 1 N–H and O–H groups in total. The number of hydrogen-bond acceptors (Lipinski definition) is 4. The van der Waals surface area contributed by atoms with E-state index in [1.807, 2.05) is 0 Å². The number of aromatic nitrogens is 4. The van der Waals surface area contributed by atoms with Gasteiger partial charge in [0.05, 0.1) is 23.0 Å². The van der Waals surface area contributed by atoms with Crippen LogP contribution in [0.2, 0.25) is 0 Å². The molecule has 124 valence electrons. The molecule has 1 amide bonds. The lowest BCUT2D eigenvalue weighted by Crippen LogP contribution is -2.13. The van der Waals surface area contributed by atoms with Crippen LogP contribution in [0.4, 0.5) is 10.1 Å². The molecule has 0 radical (unpaired) electrons. The molecule has 0 unspecified atom stereocenters. The Morgan fingerprint density at radius 3 is 2.88 bits per heavy atom. The molecule has 0 aliphatic carbocycles. The van der Waals surface area contributed by atoms with Crippen molar-refractivity contribution in [3.8, 4) is 11.3 Å². The van der Waals surface area contributed by atoms with Gasteiger partial charge in [-0.05, 0) is 30.3 Å². The van der Waals surface area contributed by atoms with E-state index in [-0.39, 0.29) is 6.99 Å². The van der Waals surface area contributed by atoms with Crippen molar-refractivity contribution in [1.29, 1.82) is 0 Å². The summed E-state index contributed by atoms with van der Waals surface area (Å²) in [6.45, 7) is 0. The minimum atomic E-state index is -0.568. The molecule has 0 saturated carbocycles. The SMILES string of the molecule is O=C(Nc1ccnc(-c2cnn3cccnc23)c1)c1ccccc1F.[HH]. The Kier molecular flexibility index (Phi) is 3.66. The third kappa shape index (κ3) is 2.83. The average molecular weight is 335 g/mol. The first-order chi connectivity index (χ1) is 12.2. The molecule has 3 aromatic heterocycles. The Labute approximate surface area is 143 Å². The van der Waals surface area contributed by atoms with Crippen molar-refractivity contribution in [2.75, 3.05) is 5.32 Å². The number of fused-ring (bicyclic) bond motifs is 1. The third-order valence-electron chi connectivity index (χ3n) is 3.69. The Balaban J connectivity index is 0.00000196. The zero-order valence-electron chi connectivity index (χ0n) is 12.9. The van der Waals surface area contributed by atoms with Crippen LogP contribution in [-0.2, 0) is 0 Å². The third-order valence-corrected chi connectivity index (χ3v) is 3.69. The summed E-state index contributed by atoms with van der Waals surface area (Å²) >= 11 is 0. The maximum Gasteiger partial charge on any atom is 0.258 e. The van der Waals surface area contributed by atoms with Crippen LogP contribution in [0.25, 0.3) is 16.9 Å². The van der Waals surface area contributed by atoms with E-state index in [1.54, 1.807) is 53.6 Å². The highest BCUT2D eigenvalue weighted by atomic mass is 19.1. The number of carbonyl (C=O) groups is 1. The summed E-state index contributed by atoms with van der Waals surface area (Å²) in [6, 6.07) is 10.9. The summed E-state index contributed by atoms with van der Waals surface area (Å²) in [6.07, 6.45) is 6.69. The summed E-state index contributed by atoms with van der Waals surface area (Å²) in [4.78, 5) is 20.8. The lowest BCUT2D eigenvalue weighted by atomic mass is 10.2. The number of halogens is 1. The molecule has 0 bridgehead atoms. The van der Waals surface area contributed by atoms with Gasteiger partial charge in [-0.3, -0.25) is 9.78 Å². The van der Waals surface area contributed by atoms with E-state index >= 15 is 0 Å². The van der Waals surface area contributed by atoms with Gasteiger partial charge in [-0.15, -0.1) is 0 Å². The summed E-state index contributed by atoms with van der Waals surface area (Å²) in [5, 5.41) is 6.90. The van der Waals surface area contributed by atoms with Gasteiger partial charge in [0.25, 0.3) is 5.91 Å². The molecule has 0 fully saturated rings. The predicted molar refractivity (Wildman–Crippen MR) is 92.7 cm³/mol. The van der Waals surface area contributed by atoms with E-state index in [4.69, 9.17) is 0 Å². The quantitative estimate of drug-likeness (QED) is 0.622. The van der Waals surface area contributed by atoms with Gasteiger partial charge in [0.2, 0.25) is 0 Å². The highest BCUT2D eigenvalue weighted by Gasteiger charge is 2.13. The molecular weight excluding hydrogens is 321 g/mol. The number of amides is 1. The first kappa shape index (κ1) is 14.9. The van der Waals surface area contributed by atoms with E-state index in [0.29, 0.717) is 17.0 Å². The highest BCUT2D eigenvalue weighted by molar-refractivity contribution is 6.04. The number of nitrogens with zero attached hydrogens (tertiary/aromatic N) is 4. The number of carbonyl (C=O) groups excluding carboxylic acids is 1. The van der Waals surface area contributed by atoms with Gasteiger partial charge in [0.1, 0.15) is 5.82 Å². The lowest BCUT2D eigenvalue weighted by molar-refractivity contribution is 0.102. The van der Waals surface area contributed by atoms with Crippen molar-refractivity contribution in [2.24, 2.45) is 0 Å². The normalized spacial score (nSPS) is 10.8. The molecule has 25 heavy (non-hydrogen) atoms. The summed E-state index contributed by atoms with van der Waals surface area (Å²) in [5.41, 5.74) is 2.50. The Morgan fingerprint density at radius 2 is 2.00 bits per heavy atom. The molecular formula is C18H14FN5O. The van der Waals surface area contributed by atoms with E-state index in [2.05, 4.69) is 20.4 Å². The van der Waals surface area contributed by atoms with Gasteiger partial charge < -0.3 is 5.32 Å².